The number of benzene rings is 1. The van der Waals surface area contributed by atoms with Gasteiger partial charge in [-0.15, -0.1) is 0 Å². The number of hydrogen-bond donors (Lipinski definition) is 1. The van der Waals surface area contributed by atoms with Gasteiger partial charge in [0.25, 0.3) is 0 Å². The number of ether oxygens (including phenoxy) is 1. The molecule has 1 heterocycles. The van der Waals surface area contributed by atoms with Gasteiger partial charge in [0.15, 0.2) is 0 Å². The Morgan fingerprint density at radius 2 is 2.11 bits per heavy atom. The summed E-state index contributed by atoms with van der Waals surface area (Å²) in [7, 11) is 1.60. The Morgan fingerprint density at radius 1 is 1.37 bits per heavy atom. The molecule has 19 heavy (non-hydrogen) atoms. The Bertz CT molecular complexity index is 445. The number of carbonyl (C=O) groups is 1. The van der Waals surface area contributed by atoms with Gasteiger partial charge in [0.2, 0.25) is 5.91 Å². The van der Waals surface area contributed by atoms with Crippen molar-refractivity contribution in [2.75, 3.05) is 32.1 Å². The first-order valence-electron chi connectivity index (χ1n) is 6.56. The third kappa shape index (κ3) is 3.77. The van der Waals surface area contributed by atoms with Gasteiger partial charge in [0.05, 0.1) is 19.3 Å². The molecule has 0 aliphatic carbocycles. The number of nitrogens with one attached hydrogen (secondary N) is 1. The van der Waals surface area contributed by atoms with Crippen molar-refractivity contribution in [2.24, 2.45) is 0 Å². The van der Waals surface area contributed by atoms with Gasteiger partial charge in [0.1, 0.15) is 5.75 Å². The number of carbonyl (C=O) groups excluding carboxylic acids is 1. The molecule has 5 heteroatoms. The third-order valence-corrected chi connectivity index (χ3v) is 3.54. The monoisotopic (exact) mass is 282 g/mol. The lowest BCUT2D eigenvalue weighted by molar-refractivity contribution is -0.130. The van der Waals surface area contributed by atoms with E-state index in [1.54, 1.807) is 25.3 Å². The van der Waals surface area contributed by atoms with Crippen molar-refractivity contribution in [1.82, 2.24) is 4.90 Å². The molecule has 0 atom stereocenters. The Morgan fingerprint density at radius 3 is 2.79 bits per heavy atom. The molecular formula is C14H19ClN2O2. The molecule has 0 saturated carbocycles. The van der Waals surface area contributed by atoms with Crippen LogP contribution >= 0.6 is 11.6 Å². The molecule has 0 radical (unpaired) electrons. The molecule has 0 aromatic heterocycles. The van der Waals surface area contributed by atoms with Crippen LogP contribution in [0.4, 0.5) is 5.69 Å². The van der Waals surface area contributed by atoms with Gasteiger partial charge >= 0.3 is 0 Å². The first-order chi connectivity index (χ1) is 9.20. The van der Waals surface area contributed by atoms with Gasteiger partial charge in [-0.25, -0.2) is 0 Å². The zero-order valence-electron chi connectivity index (χ0n) is 11.1. The minimum Gasteiger partial charge on any atom is -0.495 e. The van der Waals surface area contributed by atoms with Crippen LogP contribution in [0.2, 0.25) is 5.02 Å². The standard InChI is InChI=1S/C14H19ClN2O2/c1-19-13-6-5-11(15)9-12(13)16-10-14(18)17-7-3-2-4-8-17/h5-6,9,16H,2-4,7-8,10H2,1H3. The molecule has 1 fully saturated rings. The van der Waals surface area contributed by atoms with Crippen LogP contribution in [-0.2, 0) is 4.79 Å². The molecule has 0 spiro atoms. The zero-order valence-corrected chi connectivity index (χ0v) is 11.9. The van der Waals surface area contributed by atoms with Crippen molar-refractivity contribution < 1.29 is 9.53 Å². The van der Waals surface area contributed by atoms with Crippen molar-refractivity contribution in [3.8, 4) is 5.75 Å². The molecule has 1 aromatic carbocycles. The van der Waals surface area contributed by atoms with E-state index in [-0.39, 0.29) is 12.5 Å². The van der Waals surface area contributed by atoms with Crippen molar-refractivity contribution in [1.29, 1.82) is 0 Å². The van der Waals surface area contributed by atoms with Crippen LogP contribution in [0, 0.1) is 0 Å². The van der Waals surface area contributed by atoms with Crippen LogP contribution in [0.15, 0.2) is 18.2 Å². The van der Waals surface area contributed by atoms with E-state index >= 15 is 0 Å². The SMILES string of the molecule is COc1ccc(Cl)cc1NCC(=O)N1CCCCC1. The second kappa shape index (κ2) is 6.66. The molecule has 1 amide bonds. The highest BCUT2D eigenvalue weighted by Gasteiger charge is 2.16. The molecular weight excluding hydrogens is 264 g/mol. The predicted octanol–water partition coefficient (Wildman–Crippen LogP) is 2.77. The molecule has 0 bridgehead atoms. The number of nitrogens with zero attached hydrogens (tertiary/aromatic N) is 1. The molecule has 1 aromatic rings. The number of likely N-dealkylation sites (tertiary alicyclic amines) is 1. The minimum absolute atomic E-state index is 0.127. The van der Waals surface area contributed by atoms with Crippen molar-refractivity contribution >= 4 is 23.2 Å². The summed E-state index contributed by atoms with van der Waals surface area (Å²) in [6, 6.07) is 5.32. The molecule has 1 aliphatic heterocycles. The lowest BCUT2D eigenvalue weighted by Crippen LogP contribution is -2.39. The number of anilines is 1. The number of amides is 1. The summed E-state index contributed by atoms with van der Waals surface area (Å²) in [6.07, 6.45) is 3.43. The summed E-state index contributed by atoms with van der Waals surface area (Å²) in [4.78, 5) is 14.0. The maximum absolute atomic E-state index is 12.0. The smallest absolute Gasteiger partial charge is 0.241 e. The highest BCUT2D eigenvalue weighted by Crippen LogP contribution is 2.27. The Balaban J connectivity index is 1.94. The Labute approximate surface area is 118 Å². The second-order valence-electron chi connectivity index (χ2n) is 4.64. The van der Waals surface area contributed by atoms with Gasteiger partial charge in [-0.05, 0) is 37.5 Å². The van der Waals surface area contributed by atoms with E-state index in [0.717, 1.165) is 31.6 Å². The zero-order chi connectivity index (χ0) is 13.7. The fraction of sp³-hybridized carbons (Fsp3) is 0.500. The van der Waals surface area contributed by atoms with Crippen molar-refractivity contribution in [3.05, 3.63) is 23.2 Å². The predicted molar refractivity (Wildman–Crippen MR) is 76.9 cm³/mol. The van der Waals surface area contributed by atoms with Crippen LogP contribution in [-0.4, -0.2) is 37.6 Å². The van der Waals surface area contributed by atoms with E-state index in [1.165, 1.54) is 6.42 Å². The van der Waals surface area contributed by atoms with Gasteiger partial charge in [-0.1, -0.05) is 11.6 Å². The molecule has 4 nitrogen and oxygen atoms in total. The largest absolute Gasteiger partial charge is 0.495 e. The minimum atomic E-state index is 0.127. The summed E-state index contributed by atoms with van der Waals surface area (Å²) < 4.78 is 5.23. The summed E-state index contributed by atoms with van der Waals surface area (Å²) in [5, 5.41) is 3.72. The van der Waals surface area contributed by atoms with Crippen LogP contribution in [0.25, 0.3) is 0 Å². The third-order valence-electron chi connectivity index (χ3n) is 3.30. The second-order valence-corrected chi connectivity index (χ2v) is 5.08. The number of halogens is 1. The normalized spacial score (nSPS) is 15.2. The van der Waals surface area contributed by atoms with E-state index < -0.39 is 0 Å². The fourth-order valence-electron chi connectivity index (χ4n) is 2.24. The highest BCUT2D eigenvalue weighted by molar-refractivity contribution is 6.30. The topological polar surface area (TPSA) is 41.6 Å². The summed E-state index contributed by atoms with van der Waals surface area (Å²) in [5.41, 5.74) is 0.750. The van der Waals surface area contributed by atoms with Crippen LogP contribution < -0.4 is 10.1 Å². The maximum Gasteiger partial charge on any atom is 0.241 e. The molecule has 104 valence electrons. The molecule has 2 rings (SSSR count). The van der Waals surface area contributed by atoms with Gasteiger partial charge in [-0.2, -0.15) is 0 Å². The first kappa shape index (κ1) is 14.0. The van der Waals surface area contributed by atoms with E-state index in [1.807, 2.05) is 4.90 Å². The first-order valence-corrected chi connectivity index (χ1v) is 6.93. The molecule has 0 unspecified atom stereocenters. The van der Waals surface area contributed by atoms with E-state index in [9.17, 15) is 4.79 Å². The van der Waals surface area contributed by atoms with E-state index in [0.29, 0.717) is 10.8 Å². The van der Waals surface area contributed by atoms with Crippen molar-refractivity contribution in [3.63, 3.8) is 0 Å². The Hall–Kier alpha value is -1.42. The van der Waals surface area contributed by atoms with Gasteiger partial charge < -0.3 is 15.0 Å². The average Bonchev–Trinajstić information content (AvgIpc) is 2.46. The summed E-state index contributed by atoms with van der Waals surface area (Å²) >= 11 is 5.95. The lowest BCUT2D eigenvalue weighted by atomic mass is 10.1. The highest BCUT2D eigenvalue weighted by atomic mass is 35.5. The van der Waals surface area contributed by atoms with Gasteiger partial charge in [-0.3, -0.25) is 4.79 Å². The maximum atomic E-state index is 12.0. The summed E-state index contributed by atoms with van der Waals surface area (Å²) in [5.74, 6) is 0.817. The lowest BCUT2D eigenvalue weighted by Gasteiger charge is -2.27. The van der Waals surface area contributed by atoms with Crippen molar-refractivity contribution in [2.45, 2.75) is 19.3 Å². The van der Waals surface area contributed by atoms with Gasteiger partial charge in [0, 0.05) is 18.1 Å². The summed E-state index contributed by atoms with van der Waals surface area (Å²) in [6.45, 7) is 2.01. The van der Waals surface area contributed by atoms with Crippen LogP contribution in [0.5, 0.6) is 5.75 Å². The quantitative estimate of drug-likeness (QED) is 0.923. The van der Waals surface area contributed by atoms with E-state index in [2.05, 4.69) is 5.32 Å². The molecule has 1 aliphatic rings. The van der Waals surface area contributed by atoms with Crippen LogP contribution in [0.1, 0.15) is 19.3 Å². The Kier molecular flexibility index (Phi) is 4.91. The number of rotatable bonds is 4. The van der Waals surface area contributed by atoms with Crippen LogP contribution in [0.3, 0.4) is 0 Å². The van der Waals surface area contributed by atoms with E-state index in [4.69, 9.17) is 16.3 Å². The molecule has 1 saturated heterocycles. The number of hydrogen-bond acceptors (Lipinski definition) is 3. The average molecular weight is 283 g/mol. The number of methoxy groups -OCH3 is 1. The molecule has 1 N–H and O–H groups in total. The fourth-order valence-corrected chi connectivity index (χ4v) is 2.42. The number of piperidine rings is 1.